The van der Waals surface area contributed by atoms with Gasteiger partial charge in [0.05, 0.1) is 24.2 Å². The van der Waals surface area contributed by atoms with Crippen LogP contribution in [0.2, 0.25) is 0 Å². The predicted molar refractivity (Wildman–Crippen MR) is 87.4 cm³/mol. The summed E-state index contributed by atoms with van der Waals surface area (Å²) < 4.78 is 10.6. The number of hydrogen-bond acceptors (Lipinski definition) is 6. The number of nitro benzene ring substituents is 1. The predicted octanol–water partition coefficient (Wildman–Crippen LogP) is 1.29. The van der Waals surface area contributed by atoms with Crippen LogP contribution in [0.25, 0.3) is 0 Å². The molecule has 1 aromatic rings. The molecule has 0 spiro atoms. The van der Waals surface area contributed by atoms with Crippen LogP contribution in [0.5, 0.6) is 0 Å². The smallest absolute Gasteiger partial charge is 0.293 e. The molecule has 0 saturated carbocycles. The zero-order valence-corrected chi connectivity index (χ0v) is 13.6. The van der Waals surface area contributed by atoms with Crippen LogP contribution >= 0.6 is 0 Å². The second-order valence-corrected chi connectivity index (χ2v) is 5.96. The second-order valence-electron chi connectivity index (χ2n) is 5.96. The molecule has 2 aliphatic heterocycles. The van der Waals surface area contributed by atoms with E-state index < -0.39 is 4.92 Å². The molecule has 1 aromatic carbocycles. The quantitative estimate of drug-likeness (QED) is 0.609. The molecule has 8 nitrogen and oxygen atoms in total. The molecule has 0 aromatic heterocycles. The van der Waals surface area contributed by atoms with Crippen LogP contribution in [0.15, 0.2) is 18.2 Å². The van der Waals surface area contributed by atoms with Gasteiger partial charge in [-0.15, -0.1) is 0 Å². The monoisotopic (exact) mass is 335 g/mol. The van der Waals surface area contributed by atoms with E-state index in [0.29, 0.717) is 50.6 Å². The molecule has 1 amide bonds. The van der Waals surface area contributed by atoms with Gasteiger partial charge in [0.1, 0.15) is 5.69 Å². The zero-order chi connectivity index (χ0) is 17.1. The Hall–Kier alpha value is -2.19. The maximum atomic E-state index is 12.6. The number of carbonyl (C=O) groups is 1. The van der Waals surface area contributed by atoms with E-state index in [0.717, 1.165) is 6.42 Å². The second kappa shape index (κ2) is 7.14. The maximum Gasteiger partial charge on any atom is 0.293 e. The molecule has 130 valence electrons. The van der Waals surface area contributed by atoms with E-state index in [2.05, 4.69) is 0 Å². The van der Waals surface area contributed by atoms with E-state index >= 15 is 0 Å². The number of methoxy groups -OCH3 is 1. The minimum absolute atomic E-state index is 0.0368. The van der Waals surface area contributed by atoms with Gasteiger partial charge >= 0.3 is 0 Å². The number of amides is 1. The Morgan fingerprint density at radius 3 is 2.71 bits per heavy atom. The summed E-state index contributed by atoms with van der Waals surface area (Å²) in [6.07, 6.45) is 0.826. The van der Waals surface area contributed by atoms with Gasteiger partial charge in [0.2, 0.25) is 0 Å². The van der Waals surface area contributed by atoms with Crippen molar-refractivity contribution >= 4 is 17.3 Å². The first kappa shape index (κ1) is 16.7. The lowest BCUT2D eigenvalue weighted by molar-refractivity contribution is -0.384. The molecule has 3 rings (SSSR count). The number of nitro groups is 1. The molecule has 0 aliphatic carbocycles. The van der Waals surface area contributed by atoms with Gasteiger partial charge in [-0.3, -0.25) is 14.9 Å². The van der Waals surface area contributed by atoms with Crippen LogP contribution < -0.4 is 4.90 Å². The molecule has 24 heavy (non-hydrogen) atoms. The third kappa shape index (κ3) is 3.34. The molecule has 1 atom stereocenters. The summed E-state index contributed by atoms with van der Waals surface area (Å²) in [6.45, 7) is 3.43. The lowest BCUT2D eigenvalue weighted by atomic mass is 10.1. The van der Waals surface area contributed by atoms with Gasteiger partial charge in [0.25, 0.3) is 11.6 Å². The number of carbonyl (C=O) groups excluding carboxylic acids is 1. The average Bonchev–Trinajstić information content (AvgIpc) is 3.10. The number of ether oxygens (including phenoxy) is 2. The molecule has 0 N–H and O–H groups in total. The molecule has 2 aliphatic rings. The fourth-order valence-electron chi connectivity index (χ4n) is 3.16. The van der Waals surface area contributed by atoms with Crippen LogP contribution in [0, 0.1) is 10.1 Å². The first-order valence-electron chi connectivity index (χ1n) is 8.03. The average molecular weight is 335 g/mol. The third-order valence-electron chi connectivity index (χ3n) is 4.54. The molecule has 2 saturated heterocycles. The Morgan fingerprint density at radius 1 is 1.33 bits per heavy atom. The summed E-state index contributed by atoms with van der Waals surface area (Å²) in [4.78, 5) is 27.2. The lowest BCUT2D eigenvalue weighted by Crippen LogP contribution is -2.36. The van der Waals surface area contributed by atoms with E-state index in [4.69, 9.17) is 9.47 Å². The number of morpholine rings is 1. The fourth-order valence-corrected chi connectivity index (χ4v) is 3.16. The van der Waals surface area contributed by atoms with Gasteiger partial charge in [-0.05, 0) is 18.6 Å². The van der Waals surface area contributed by atoms with Crippen LogP contribution in [-0.4, -0.2) is 68.3 Å². The van der Waals surface area contributed by atoms with E-state index in [1.165, 1.54) is 6.07 Å². The minimum Gasteiger partial charge on any atom is -0.380 e. The molecular weight excluding hydrogens is 314 g/mol. The number of likely N-dealkylation sites (tertiary alicyclic amines) is 1. The number of anilines is 1. The topological polar surface area (TPSA) is 85.2 Å². The highest BCUT2D eigenvalue weighted by Gasteiger charge is 2.29. The number of nitrogens with zero attached hydrogens (tertiary/aromatic N) is 3. The van der Waals surface area contributed by atoms with Crippen LogP contribution in [0.1, 0.15) is 16.8 Å². The SMILES string of the molecule is COC1CCN(C(=O)c2ccc(N3CCOCC3)c([N+](=O)[O-])c2)C1. The molecule has 0 bridgehead atoms. The Labute approximate surface area is 140 Å². The van der Waals surface area contributed by atoms with Gasteiger partial charge < -0.3 is 19.3 Å². The molecule has 2 heterocycles. The first-order valence-corrected chi connectivity index (χ1v) is 8.03. The summed E-state index contributed by atoms with van der Waals surface area (Å²) in [6, 6.07) is 4.72. The molecular formula is C16H21N3O5. The van der Waals surface area contributed by atoms with Crippen molar-refractivity contribution in [3.05, 3.63) is 33.9 Å². The van der Waals surface area contributed by atoms with E-state index in [-0.39, 0.29) is 17.7 Å². The van der Waals surface area contributed by atoms with Crippen molar-refractivity contribution in [2.24, 2.45) is 0 Å². The van der Waals surface area contributed by atoms with E-state index in [1.54, 1.807) is 24.1 Å². The highest BCUT2D eigenvalue weighted by atomic mass is 16.6. The van der Waals surface area contributed by atoms with Gasteiger partial charge in [-0.25, -0.2) is 0 Å². The maximum absolute atomic E-state index is 12.6. The Bertz CT molecular complexity index is 630. The summed E-state index contributed by atoms with van der Waals surface area (Å²) >= 11 is 0. The van der Waals surface area contributed by atoms with Crippen LogP contribution in [-0.2, 0) is 9.47 Å². The van der Waals surface area contributed by atoms with Crippen molar-refractivity contribution in [1.82, 2.24) is 4.90 Å². The molecule has 0 radical (unpaired) electrons. The number of rotatable bonds is 4. The van der Waals surface area contributed by atoms with E-state index in [1.807, 2.05) is 4.90 Å². The van der Waals surface area contributed by atoms with Crippen molar-refractivity contribution in [3.8, 4) is 0 Å². The summed E-state index contributed by atoms with van der Waals surface area (Å²) in [5.74, 6) is -0.189. The van der Waals surface area contributed by atoms with Crippen LogP contribution in [0.3, 0.4) is 0 Å². The van der Waals surface area contributed by atoms with Crippen molar-refractivity contribution in [2.75, 3.05) is 51.4 Å². The molecule has 2 fully saturated rings. The summed E-state index contributed by atoms with van der Waals surface area (Å²) in [7, 11) is 1.63. The van der Waals surface area contributed by atoms with Gasteiger partial charge in [-0.1, -0.05) is 0 Å². The number of hydrogen-bond donors (Lipinski definition) is 0. The third-order valence-corrected chi connectivity index (χ3v) is 4.54. The molecule has 1 unspecified atom stereocenters. The standard InChI is InChI=1S/C16H21N3O5/c1-23-13-4-5-18(11-13)16(20)12-2-3-14(15(10-12)19(21)22)17-6-8-24-9-7-17/h2-3,10,13H,4-9,11H2,1H3. The Kier molecular flexibility index (Phi) is 4.96. The van der Waals surface area contributed by atoms with Crippen LogP contribution in [0.4, 0.5) is 11.4 Å². The van der Waals surface area contributed by atoms with Crippen molar-refractivity contribution in [2.45, 2.75) is 12.5 Å². The van der Waals surface area contributed by atoms with Crippen molar-refractivity contribution < 1.29 is 19.2 Å². The first-order chi connectivity index (χ1) is 11.6. The van der Waals surface area contributed by atoms with Gasteiger partial charge in [0.15, 0.2) is 0 Å². The fraction of sp³-hybridized carbons (Fsp3) is 0.562. The summed E-state index contributed by atoms with van der Waals surface area (Å²) in [5, 5.41) is 11.5. The largest absolute Gasteiger partial charge is 0.380 e. The Morgan fingerprint density at radius 2 is 2.08 bits per heavy atom. The normalized spacial score (nSPS) is 21.1. The minimum atomic E-state index is -0.427. The van der Waals surface area contributed by atoms with Crippen molar-refractivity contribution in [3.63, 3.8) is 0 Å². The van der Waals surface area contributed by atoms with Gasteiger partial charge in [0, 0.05) is 44.9 Å². The number of benzene rings is 1. The summed E-state index contributed by atoms with van der Waals surface area (Å²) in [5.41, 5.74) is 0.844. The zero-order valence-electron chi connectivity index (χ0n) is 13.6. The van der Waals surface area contributed by atoms with Gasteiger partial charge in [-0.2, -0.15) is 0 Å². The highest BCUT2D eigenvalue weighted by Crippen LogP contribution is 2.30. The van der Waals surface area contributed by atoms with E-state index in [9.17, 15) is 14.9 Å². The lowest BCUT2D eigenvalue weighted by Gasteiger charge is -2.28. The molecule has 8 heteroatoms. The highest BCUT2D eigenvalue weighted by molar-refractivity contribution is 5.96. The van der Waals surface area contributed by atoms with Crippen molar-refractivity contribution in [1.29, 1.82) is 0 Å². The Balaban J connectivity index is 1.83.